The Labute approximate surface area is 188 Å². The molecule has 4 rings (SSSR count). The molecule has 0 aliphatic carbocycles. The minimum Gasteiger partial charge on any atom is -0.248 e. The maximum Gasteiger partial charge on any atom is 0.160 e. The van der Waals surface area contributed by atoms with Gasteiger partial charge >= 0.3 is 0 Å². The zero-order valence-electron chi connectivity index (χ0n) is 16.9. The lowest BCUT2D eigenvalue weighted by Crippen LogP contribution is -2.05. The summed E-state index contributed by atoms with van der Waals surface area (Å²) in [6.07, 6.45) is 4.48. The van der Waals surface area contributed by atoms with Gasteiger partial charge in [0.2, 0.25) is 0 Å². The van der Waals surface area contributed by atoms with Crippen molar-refractivity contribution in [2.45, 2.75) is 0 Å². The molecule has 6 heteroatoms. The van der Waals surface area contributed by atoms with Gasteiger partial charge in [0.05, 0.1) is 16.7 Å². The fraction of sp³-hybridized carbons (Fsp3) is 0. The Morgan fingerprint density at radius 2 is 0.727 bits per heavy atom. The van der Waals surface area contributed by atoms with E-state index in [2.05, 4.69) is 50.5 Å². The maximum atomic E-state index is 15.2. The van der Waals surface area contributed by atoms with Gasteiger partial charge in [0.1, 0.15) is 17.1 Å². The molecule has 0 atom stereocenters. The third-order valence-electron chi connectivity index (χ3n) is 4.26. The van der Waals surface area contributed by atoms with Gasteiger partial charge in [-0.25, -0.2) is 28.1 Å². The third-order valence-corrected chi connectivity index (χ3v) is 4.26. The molecule has 156 valence electrons. The van der Waals surface area contributed by atoms with E-state index < -0.39 is 34.1 Å². The van der Waals surface area contributed by atoms with E-state index >= 15 is 13.2 Å². The van der Waals surface area contributed by atoms with Crippen LogP contribution in [0.15, 0.2) is 73.2 Å². The van der Waals surface area contributed by atoms with Crippen LogP contribution in [0.3, 0.4) is 0 Å². The molecule has 0 saturated heterocycles. The van der Waals surface area contributed by atoms with Gasteiger partial charge in [-0.1, -0.05) is 36.0 Å². The summed E-state index contributed by atoms with van der Waals surface area (Å²) in [4.78, 5) is 12.0. The Morgan fingerprint density at radius 3 is 0.970 bits per heavy atom. The summed E-state index contributed by atoms with van der Waals surface area (Å²) in [6, 6.07) is 14.8. The van der Waals surface area contributed by atoms with Crippen molar-refractivity contribution in [2.75, 3.05) is 0 Å². The van der Waals surface area contributed by atoms with Crippen molar-refractivity contribution < 1.29 is 13.2 Å². The minimum absolute atomic E-state index is 0.294. The second kappa shape index (κ2) is 9.96. The number of hydrogen-bond acceptors (Lipinski definition) is 3. The zero-order valence-corrected chi connectivity index (χ0v) is 16.9. The summed E-state index contributed by atoms with van der Waals surface area (Å²) >= 11 is 0. The molecule has 33 heavy (non-hydrogen) atoms. The highest BCUT2D eigenvalue weighted by Gasteiger charge is 2.22. The van der Waals surface area contributed by atoms with Crippen molar-refractivity contribution in [2.24, 2.45) is 0 Å². The fourth-order valence-corrected chi connectivity index (χ4v) is 2.68. The first-order valence-corrected chi connectivity index (χ1v) is 9.63. The number of benzene rings is 1. The van der Waals surface area contributed by atoms with Crippen LogP contribution in [0, 0.1) is 53.0 Å². The molecular weight excluding hydrogens is 423 g/mol. The Hall–Kier alpha value is -4.86. The van der Waals surface area contributed by atoms with Crippen LogP contribution in [0.2, 0.25) is 0 Å². The van der Waals surface area contributed by atoms with E-state index in [0.29, 0.717) is 17.1 Å². The van der Waals surface area contributed by atoms with Crippen LogP contribution < -0.4 is 0 Å². The number of rotatable bonds is 0. The van der Waals surface area contributed by atoms with Crippen LogP contribution >= 0.6 is 0 Å². The topological polar surface area (TPSA) is 38.7 Å². The summed E-state index contributed by atoms with van der Waals surface area (Å²) in [5, 5.41) is 0. The molecule has 0 amide bonds. The zero-order chi connectivity index (χ0) is 23.0. The number of hydrogen-bond donors (Lipinski definition) is 0. The van der Waals surface area contributed by atoms with Crippen LogP contribution in [0.25, 0.3) is 0 Å². The van der Waals surface area contributed by atoms with E-state index in [4.69, 9.17) is 0 Å². The first-order chi connectivity index (χ1) is 16.1. The lowest BCUT2D eigenvalue weighted by atomic mass is 10.0. The first-order valence-electron chi connectivity index (χ1n) is 9.63. The Kier molecular flexibility index (Phi) is 6.45. The van der Waals surface area contributed by atoms with E-state index in [0.717, 1.165) is 0 Å². The standard InChI is InChI=1S/C27H12F3N3/c28-25-22(13-10-19-7-1-4-16-31-19)26(29)24(15-12-21-9-3-6-18-33-21)27(30)23(25)14-11-20-8-2-5-17-32-20/h1-9,16-18H. The predicted molar refractivity (Wildman–Crippen MR) is 117 cm³/mol. The van der Waals surface area contributed by atoms with Gasteiger partial charge in [-0.2, -0.15) is 0 Å². The highest BCUT2D eigenvalue weighted by Crippen LogP contribution is 2.24. The molecule has 0 spiro atoms. The van der Waals surface area contributed by atoms with Crippen molar-refractivity contribution >= 4 is 0 Å². The normalized spacial score (nSPS) is 9.55. The summed E-state index contributed by atoms with van der Waals surface area (Å²) in [6.45, 7) is 0. The molecule has 1 aromatic carbocycles. The SMILES string of the molecule is Fc1c(C#Cc2ccccn2)c(F)c(C#Cc2ccccn2)c(F)c1C#Cc1ccccn1. The van der Waals surface area contributed by atoms with Gasteiger partial charge in [0.15, 0.2) is 17.5 Å². The molecule has 3 aromatic heterocycles. The van der Waals surface area contributed by atoms with Crippen molar-refractivity contribution in [1.29, 1.82) is 0 Å². The minimum atomic E-state index is -1.22. The van der Waals surface area contributed by atoms with Gasteiger partial charge in [-0.05, 0) is 54.2 Å². The van der Waals surface area contributed by atoms with Crippen molar-refractivity contribution in [3.8, 4) is 35.5 Å². The third kappa shape index (κ3) is 5.07. The average Bonchev–Trinajstić information content (AvgIpc) is 2.86. The van der Waals surface area contributed by atoms with E-state index in [-0.39, 0.29) is 0 Å². The van der Waals surface area contributed by atoms with E-state index in [1.54, 1.807) is 54.6 Å². The van der Waals surface area contributed by atoms with Crippen molar-refractivity contribution in [1.82, 2.24) is 15.0 Å². The van der Waals surface area contributed by atoms with Crippen LogP contribution in [0.4, 0.5) is 13.2 Å². The average molecular weight is 435 g/mol. The quantitative estimate of drug-likeness (QED) is 0.382. The van der Waals surface area contributed by atoms with E-state index in [9.17, 15) is 0 Å². The summed E-state index contributed by atoms with van der Waals surface area (Å²) < 4.78 is 45.5. The molecule has 0 aliphatic heterocycles. The Morgan fingerprint density at radius 1 is 0.424 bits per heavy atom. The first kappa shape index (κ1) is 21.4. The predicted octanol–water partition coefficient (Wildman–Crippen LogP) is 4.49. The number of nitrogens with zero attached hydrogens (tertiary/aromatic N) is 3. The monoisotopic (exact) mass is 435 g/mol. The van der Waals surface area contributed by atoms with Crippen molar-refractivity contribution in [3.63, 3.8) is 0 Å². The van der Waals surface area contributed by atoms with Gasteiger partial charge in [-0.15, -0.1) is 0 Å². The molecule has 3 nitrogen and oxygen atoms in total. The number of pyridine rings is 3. The number of aromatic nitrogens is 3. The van der Waals surface area contributed by atoms with Crippen LogP contribution in [0.1, 0.15) is 33.8 Å². The highest BCUT2D eigenvalue weighted by atomic mass is 19.1. The maximum absolute atomic E-state index is 15.2. The summed E-state index contributed by atoms with van der Waals surface area (Å²) in [5.41, 5.74) is -1.08. The van der Waals surface area contributed by atoms with Gasteiger partial charge in [-0.3, -0.25) is 0 Å². The molecule has 3 heterocycles. The lowest BCUT2D eigenvalue weighted by Gasteiger charge is -2.06. The Balaban J connectivity index is 1.90. The van der Waals surface area contributed by atoms with Crippen LogP contribution in [-0.4, -0.2) is 15.0 Å². The highest BCUT2D eigenvalue weighted by molar-refractivity contribution is 5.57. The summed E-state index contributed by atoms with van der Waals surface area (Å²) in [5.74, 6) is 11.3. The smallest absolute Gasteiger partial charge is 0.160 e. The largest absolute Gasteiger partial charge is 0.248 e. The lowest BCUT2D eigenvalue weighted by molar-refractivity contribution is 0.531. The van der Waals surface area contributed by atoms with Crippen molar-refractivity contribution in [3.05, 3.63) is 124 Å². The molecule has 4 aromatic rings. The molecule has 0 N–H and O–H groups in total. The van der Waals surface area contributed by atoms with Crippen LogP contribution in [0.5, 0.6) is 0 Å². The van der Waals surface area contributed by atoms with E-state index in [1.165, 1.54) is 18.6 Å². The molecule has 0 fully saturated rings. The molecule has 0 aliphatic rings. The Bertz CT molecular complexity index is 1280. The van der Waals surface area contributed by atoms with Gasteiger partial charge in [0.25, 0.3) is 0 Å². The van der Waals surface area contributed by atoms with Gasteiger partial charge < -0.3 is 0 Å². The molecule has 0 unspecified atom stereocenters. The van der Waals surface area contributed by atoms with Gasteiger partial charge in [0, 0.05) is 18.6 Å². The van der Waals surface area contributed by atoms with Crippen LogP contribution in [-0.2, 0) is 0 Å². The van der Waals surface area contributed by atoms with E-state index in [1.807, 2.05) is 0 Å². The molecule has 0 saturated carbocycles. The molecule has 0 radical (unpaired) electrons. The molecular formula is C27H12F3N3. The fourth-order valence-electron chi connectivity index (χ4n) is 2.68. The summed E-state index contributed by atoms with van der Waals surface area (Å²) in [7, 11) is 0. The second-order valence-corrected chi connectivity index (χ2v) is 6.46. The number of halogens is 3. The molecule has 0 bridgehead atoms. The second-order valence-electron chi connectivity index (χ2n) is 6.46.